The van der Waals surface area contributed by atoms with Crippen molar-refractivity contribution in [1.82, 2.24) is 4.90 Å². The van der Waals surface area contributed by atoms with Gasteiger partial charge in [0.1, 0.15) is 0 Å². The molecule has 1 aliphatic rings. The van der Waals surface area contributed by atoms with Gasteiger partial charge in [0, 0.05) is 24.7 Å². The molecule has 0 saturated carbocycles. The summed E-state index contributed by atoms with van der Waals surface area (Å²) in [5, 5.41) is 11.0. The Morgan fingerprint density at radius 3 is 2.44 bits per heavy atom. The summed E-state index contributed by atoms with van der Waals surface area (Å²) in [5.74, 6) is -2.03. The highest BCUT2D eigenvalue weighted by Gasteiger charge is 2.26. The highest BCUT2D eigenvalue weighted by Crippen LogP contribution is 2.21. The van der Waals surface area contributed by atoms with Gasteiger partial charge in [-0.3, -0.25) is 14.9 Å². The van der Waals surface area contributed by atoms with Crippen molar-refractivity contribution in [2.24, 2.45) is 0 Å². The summed E-state index contributed by atoms with van der Waals surface area (Å²) in [6.45, 7) is 2.17. The molecule has 0 spiro atoms. The first kappa shape index (κ1) is 20.3. The number of nitro groups is 1. The quantitative estimate of drug-likeness (QED) is 0.424. The molecule has 9 nitrogen and oxygen atoms in total. The third-order valence-electron chi connectivity index (χ3n) is 4.53. The van der Waals surface area contributed by atoms with Gasteiger partial charge in [0.2, 0.25) is 0 Å². The van der Waals surface area contributed by atoms with Gasteiger partial charge in [-0.05, 0) is 31.7 Å². The summed E-state index contributed by atoms with van der Waals surface area (Å²) in [4.78, 5) is 48.3. The van der Waals surface area contributed by atoms with Crippen LogP contribution in [0.3, 0.4) is 0 Å². The van der Waals surface area contributed by atoms with Crippen LogP contribution >= 0.6 is 0 Å². The van der Waals surface area contributed by atoms with Crippen LogP contribution in [0.4, 0.5) is 5.69 Å². The van der Waals surface area contributed by atoms with E-state index in [1.54, 1.807) is 4.90 Å². The molecule has 27 heavy (non-hydrogen) atoms. The third kappa shape index (κ3) is 5.02. The number of nitrogens with zero attached hydrogens (tertiary/aromatic N) is 2. The highest BCUT2D eigenvalue weighted by atomic mass is 16.6. The van der Waals surface area contributed by atoms with Crippen molar-refractivity contribution in [2.75, 3.05) is 20.3 Å². The minimum Gasteiger partial charge on any atom is -0.465 e. The van der Waals surface area contributed by atoms with Crippen molar-refractivity contribution in [3.05, 3.63) is 39.4 Å². The minimum absolute atomic E-state index is 0.133. The maximum absolute atomic E-state index is 12.4. The maximum atomic E-state index is 12.4. The molecule has 9 heteroatoms. The van der Waals surface area contributed by atoms with Crippen LogP contribution < -0.4 is 0 Å². The molecule has 146 valence electrons. The molecule has 2 rings (SSSR count). The van der Waals surface area contributed by atoms with Crippen LogP contribution in [0, 0.1) is 10.1 Å². The Morgan fingerprint density at radius 2 is 1.85 bits per heavy atom. The number of amides is 1. The van der Waals surface area contributed by atoms with Gasteiger partial charge in [-0.1, -0.05) is 6.92 Å². The van der Waals surface area contributed by atoms with Gasteiger partial charge in [0.05, 0.1) is 23.2 Å². The number of carbonyl (C=O) groups is 3. The average Bonchev–Trinajstić information content (AvgIpc) is 2.70. The number of esters is 2. The molecule has 1 amide bonds. The summed E-state index contributed by atoms with van der Waals surface area (Å²) in [5.41, 5.74) is -0.784. The first-order chi connectivity index (χ1) is 12.9. The number of ether oxygens (including phenoxy) is 2. The van der Waals surface area contributed by atoms with Crippen molar-refractivity contribution in [1.29, 1.82) is 0 Å². The van der Waals surface area contributed by atoms with E-state index in [1.807, 2.05) is 6.92 Å². The zero-order valence-electron chi connectivity index (χ0n) is 15.3. The topological polar surface area (TPSA) is 116 Å². The van der Waals surface area contributed by atoms with Gasteiger partial charge in [-0.25, -0.2) is 9.59 Å². The number of piperidine rings is 1. The maximum Gasteiger partial charge on any atom is 0.338 e. The third-order valence-corrected chi connectivity index (χ3v) is 4.53. The number of non-ortho nitro benzene ring substituents is 1. The summed E-state index contributed by atoms with van der Waals surface area (Å²) in [6, 6.07) is 3.28. The van der Waals surface area contributed by atoms with Gasteiger partial charge in [0.15, 0.2) is 6.61 Å². The fraction of sp³-hybridized carbons (Fsp3) is 0.500. The Morgan fingerprint density at radius 1 is 1.19 bits per heavy atom. The van der Waals surface area contributed by atoms with Crippen LogP contribution in [0.5, 0.6) is 0 Å². The zero-order valence-corrected chi connectivity index (χ0v) is 15.3. The molecule has 1 atom stereocenters. The lowest BCUT2D eigenvalue weighted by molar-refractivity contribution is -0.384. The molecule has 1 fully saturated rings. The van der Waals surface area contributed by atoms with E-state index in [1.165, 1.54) is 0 Å². The van der Waals surface area contributed by atoms with E-state index in [0.29, 0.717) is 6.54 Å². The molecule has 0 bridgehead atoms. The highest BCUT2D eigenvalue weighted by molar-refractivity contribution is 5.97. The second kappa shape index (κ2) is 9.11. The Balaban J connectivity index is 2.10. The van der Waals surface area contributed by atoms with E-state index in [4.69, 9.17) is 4.74 Å². The predicted molar refractivity (Wildman–Crippen MR) is 94.4 cm³/mol. The minimum atomic E-state index is -0.915. The van der Waals surface area contributed by atoms with E-state index < -0.39 is 29.2 Å². The van der Waals surface area contributed by atoms with Crippen molar-refractivity contribution in [2.45, 2.75) is 38.6 Å². The zero-order chi connectivity index (χ0) is 20.0. The predicted octanol–water partition coefficient (Wildman–Crippen LogP) is 2.33. The number of nitro benzene ring substituents is 1. The van der Waals surface area contributed by atoms with Crippen LogP contribution in [0.25, 0.3) is 0 Å². The molecule has 1 aliphatic heterocycles. The van der Waals surface area contributed by atoms with Crippen molar-refractivity contribution >= 4 is 23.5 Å². The van der Waals surface area contributed by atoms with Gasteiger partial charge >= 0.3 is 11.9 Å². The number of hydrogen-bond acceptors (Lipinski definition) is 7. The number of hydrogen-bond donors (Lipinski definition) is 0. The molecule has 1 saturated heterocycles. The van der Waals surface area contributed by atoms with E-state index in [9.17, 15) is 24.5 Å². The molecule has 1 aromatic carbocycles. The summed E-state index contributed by atoms with van der Waals surface area (Å²) >= 11 is 0. The molecular formula is C18H22N2O7. The van der Waals surface area contributed by atoms with Crippen LogP contribution in [0.1, 0.15) is 53.3 Å². The summed E-state index contributed by atoms with van der Waals surface area (Å²) in [6.07, 6.45) is 3.71. The largest absolute Gasteiger partial charge is 0.465 e. The fourth-order valence-electron chi connectivity index (χ4n) is 3.12. The monoisotopic (exact) mass is 378 g/mol. The van der Waals surface area contributed by atoms with Crippen LogP contribution in [0.2, 0.25) is 0 Å². The van der Waals surface area contributed by atoms with Crippen LogP contribution in [-0.2, 0) is 14.3 Å². The van der Waals surface area contributed by atoms with Gasteiger partial charge in [-0.2, -0.15) is 0 Å². The van der Waals surface area contributed by atoms with Crippen LogP contribution in [0.15, 0.2) is 18.2 Å². The number of methoxy groups -OCH3 is 1. The van der Waals surface area contributed by atoms with Crippen molar-refractivity contribution < 1.29 is 28.8 Å². The standard InChI is InChI=1S/C18H22N2O7/c1-3-14-6-4-5-7-19(14)16(21)11-27-18(23)13-8-12(17(22)26-2)9-15(10-13)20(24)25/h8-10,14H,3-7,11H2,1-2H3/t14-/m0/s1. The molecule has 0 radical (unpaired) electrons. The van der Waals surface area contributed by atoms with Gasteiger partial charge in [0.25, 0.3) is 11.6 Å². The first-order valence-corrected chi connectivity index (χ1v) is 8.71. The molecule has 1 aromatic rings. The molecule has 0 aliphatic carbocycles. The smallest absolute Gasteiger partial charge is 0.338 e. The molecular weight excluding hydrogens is 356 g/mol. The van der Waals surface area contributed by atoms with E-state index in [2.05, 4.69) is 4.74 Å². The summed E-state index contributed by atoms with van der Waals surface area (Å²) in [7, 11) is 1.13. The second-order valence-corrected chi connectivity index (χ2v) is 6.24. The SMILES string of the molecule is CC[C@H]1CCCCN1C(=O)COC(=O)c1cc(C(=O)OC)cc([N+](=O)[O-])c1. The normalized spacial score (nSPS) is 16.5. The molecule has 0 N–H and O–H groups in total. The Kier molecular flexibility index (Phi) is 6.86. The number of rotatable bonds is 6. The van der Waals surface area contributed by atoms with E-state index in [0.717, 1.165) is 51.0 Å². The Labute approximate surface area is 156 Å². The lowest BCUT2D eigenvalue weighted by Crippen LogP contribution is -2.45. The molecule has 1 heterocycles. The lowest BCUT2D eigenvalue weighted by Gasteiger charge is -2.35. The summed E-state index contributed by atoms with van der Waals surface area (Å²) < 4.78 is 9.57. The van der Waals surface area contributed by atoms with Gasteiger partial charge in [-0.15, -0.1) is 0 Å². The fourth-order valence-corrected chi connectivity index (χ4v) is 3.12. The number of benzene rings is 1. The Bertz CT molecular complexity index is 747. The Hall–Kier alpha value is -2.97. The first-order valence-electron chi connectivity index (χ1n) is 8.71. The second-order valence-electron chi connectivity index (χ2n) is 6.24. The number of likely N-dealkylation sites (tertiary alicyclic amines) is 1. The van der Waals surface area contributed by atoms with Gasteiger partial charge < -0.3 is 14.4 Å². The van der Waals surface area contributed by atoms with Crippen molar-refractivity contribution in [3.8, 4) is 0 Å². The van der Waals surface area contributed by atoms with E-state index >= 15 is 0 Å². The van der Waals surface area contributed by atoms with E-state index in [-0.39, 0.29) is 23.1 Å². The number of carbonyl (C=O) groups excluding carboxylic acids is 3. The molecule has 0 unspecified atom stereocenters. The molecule has 0 aromatic heterocycles. The lowest BCUT2D eigenvalue weighted by atomic mass is 10.00. The average molecular weight is 378 g/mol. The van der Waals surface area contributed by atoms with Crippen molar-refractivity contribution in [3.63, 3.8) is 0 Å². The van der Waals surface area contributed by atoms with Crippen LogP contribution in [-0.4, -0.2) is 54.0 Å².